The van der Waals surface area contributed by atoms with Crippen molar-refractivity contribution in [2.75, 3.05) is 20.8 Å². The lowest BCUT2D eigenvalue weighted by molar-refractivity contribution is -0.323. The molecule has 2 heterocycles. The predicted molar refractivity (Wildman–Crippen MR) is 243 cm³/mol. The molecule has 2 aliphatic heterocycles. The van der Waals surface area contributed by atoms with Gasteiger partial charge >= 0.3 is 17.9 Å². The number of hydrogen-bond acceptors (Lipinski definition) is 15. The number of rotatable bonds is 20. The Bertz CT molecular complexity index is 2380. The van der Waals surface area contributed by atoms with Crippen molar-refractivity contribution in [2.45, 2.75) is 92.1 Å². The molecule has 0 radical (unpaired) electrons. The van der Waals surface area contributed by atoms with Gasteiger partial charge in [-0.1, -0.05) is 126 Å². The van der Waals surface area contributed by atoms with E-state index in [1.165, 1.54) is 25.8 Å². The summed E-state index contributed by atoms with van der Waals surface area (Å²) in [5.74, 6) is -1.48. The van der Waals surface area contributed by atoms with Crippen molar-refractivity contribution < 1.29 is 61.8 Å². The van der Waals surface area contributed by atoms with Crippen molar-refractivity contribution in [2.24, 2.45) is 5.11 Å². The summed E-state index contributed by atoms with van der Waals surface area (Å²) in [6.45, 7) is 0.977. The molecule has 5 aromatic rings. The van der Waals surface area contributed by atoms with Crippen molar-refractivity contribution in [1.29, 1.82) is 0 Å². The second kappa shape index (κ2) is 24.5. The van der Waals surface area contributed by atoms with Crippen LogP contribution in [0.3, 0.4) is 0 Å². The first-order valence-corrected chi connectivity index (χ1v) is 22.4. The molecular formula is C50H51N3O13S. The maximum absolute atomic E-state index is 14.0. The highest BCUT2D eigenvalue weighted by atomic mass is 32.2. The summed E-state index contributed by atoms with van der Waals surface area (Å²) >= 11 is 1.21. The zero-order valence-electron chi connectivity index (χ0n) is 37.0. The number of methoxy groups -OCH3 is 2. The average Bonchev–Trinajstić information content (AvgIpc) is 3.36. The molecular weight excluding hydrogens is 883 g/mol. The third kappa shape index (κ3) is 13.2. The summed E-state index contributed by atoms with van der Waals surface area (Å²) in [7, 11) is 2.77. The van der Waals surface area contributed by atoms with Gasteiger partial charge in [-0.15, -0.1) is 0 Å². The Morgan fingerprint density at radius 2 is 1.21 bits per heavy atom. The number of carbonyl (C=O) groups excluding carboxylic acids is 3. The third-order valence-corrected chi connectivity index (χ3v) is 12.0. The van der Waals surface area contributed by atoms with Crippen LogP contribution < -0.4 is 4.74 Å². The van der Waals surface area contributed by atoms with E-state index in [2.05, 4.69) is 10.0 Å². The van der Waals surface area contributed by atoms with Gasteiger partial charge in [-0.2, -0.15) is 0 Å². The molecule has 16 nitrogen and oxygen atoms in total. The van der Waals surface area contributed by atoms with E-state index in [0.717, 1.165) is 21.6 Å². The van der Waals surface area contributed by atoms with Crippen LogP contribution in [0.5, 0.6) is 5.75 Å². The average molecular weight is 934 g/mol. The predicted octanol–water partition coefficient (Wildman–Crippen LogP) is 8.02. The molecule has 67 heavy (non-hydrogen) atoms. The minimum atomic E-state index is -1.55. The van der Waals surface area contributed by atoms with Crippen LogP contribution in [0.4, 0.5) is 0 Å². The van der Waals surface area contributed by atoms with E-state index in [9.17, 15) is 19.9 Å². The molecule has 0 aliphatic carbocycles. The number of nitrogens with zero attached hydrogens (tertiary/aromatic N) is 3. The van der Waals surface area contributed by atoms with Crippen LogP contribution in [0.2, 0.25) is 0 Å². The molecule has 5 aromatic carbocycles. The zero-order valence-corrected chi connectivity index (χ0v) is 37.8. The van der Waals surface area contributed by atoms with Crippen LogP contribution >= 0.6 is 11.8 Å². The first-order valence-electron chi connectivity index (χ1n) is 21.5. The molecule has 0 saturated carbocycles. The van der Waals surface area contributed by atoms with Crippen molar-refractivity contribution in [3.63, 3.8) is 0 Å². The summed E-state index contributed by atoms with van der Waals surface area (Å²) in [6.07, 6.45) is -10.3. The Balaban J connectivity index is 1.30. The first-order chi connectivity index (χ1) is 32.7. The van der Waals surface area contributed by atoms with Gasteiger partial charge in [0.15, 0.2) is 18.5 Å². The molecule has 0 bridgehead atoms. The van der Waals surface area contributed by atoms with Crippen molar-refractivity contribution >= 4 is 29.7 Å². The second-order valence-corrected chi connectivity index (χ2v) is 16.6. The lowest BCUT2D eigenvalue weighted by Crippen LogP contribution is -2.66. The number of azide groups is 1. The number of thioether (sulfide) groups is 1. The Morgan fingerprint density at radius 3 is 1.78 bits per heavy atom. The molecule has 2 aliphatic rings. The molecule has 2 fully saturated rings. The lowest BCUT2D eigenvalue weighted by Gasteiger charge is -2.49. The van der Waals surface area contributed by atoms with E-state index in [1.807, 2.05) is 103 Å². The van der Waals surface area contributed by atoms with Crippen LogP contribution in [0.15, 0.2) is 156 Å². The molecule has 0 amide bonds. The Labute approximate surface area is 392 Å². The van der Waals surface area contributed by atoms with Crippen LogP contribution in [0.1, 0.15) is 34.0 Å². The lowest BCUT2D eigenvalue weighted by atomic mass is 9.95. The third-order valence-electron chi connectivity index (χ3n) is 10.9. The van der Waals surface area contributed by atoms with Crippen LogP contribution in [-0.4, -0.2) is 99.2 Å². The summed E-state index contributed by atoms with van der Waals surface area (Å²) in [5, 5.41) is 4.18. The van der Waals surface area contributed by atoms with Gasteiger partial charge in [0, 0.05) is 16.7 Å². The number of benzene rings is 5. The molecule has 0 unspecified atom stereocenters. The quantitative estimate of drug-likeness (QED) is 0.0240. The number of esters is 3. The van der Waals surface area contributed by atoms with Gasteiger partial charge in [-0.25, -0.2) is 9.59 Å². The molecule has 0 N–H and O–H groups in total. The summed E-state index contributed by atoms with van der Waals surface area (Å²) < 4.78 is 62.6. The minimum absolute atomic E-state index is 0.0220. The van der Waals surface area contributed by atoms with Gasteiger partial charge < -0.3 is 47.4 Å². The topological polar surface area (TPSA) is 192 Å². The van der Waals surface area contributed by atoms with Crippen LogP contribution in [0.25, 0.3) is 10.4 Å². The SMILES string of the molecule is COC(=O)[C@@H]1O[C@H](Sc2ccccc2)[C@H](OC(=O)c2ccccc2)[C@@H](OCc2ccccc2)[C@@H]1O[C@H]1O[C@H](COC(C)=O)[C@@H](OCc2ccc(OC)cc2)[C@H](OCc2ccccc2)[C@H]1N=[N+]=[N-]. The molecule has 10 atom stereocenters. The Morgan fingerprint density at radius 1 is 0.657 bits per heavy atom. The van der Waals surface area contributed by atoms with Crippen molar-refractivity contribution in [3.8, 4) is 5.75 Å². The van der Waals surface area contributed by atoms with E-state index in [0.29, 0.717) is 5.75 Å². The molecule has 350 valence electrons. The maximum atomic E-state index is 14.0. The van der Waals surface area contributed by atoms with Gasteiger partial charge in [0.25, 0.3) is 0 Å². The highest BCUT2D eigenvalue weighted by Crippen LogP contribution is 2.40. The molecule has 2 saturated heterocycles. The van der Waals surface area contributed by atoms with Crippen LogP contribution in [-0.2, 0) is 72.0 Å². The number of ether oxygens (including phenoxy) is 10. The minimum Gasteiger partial charge on any atom is -0.497 e. The summed E-state index contributed by atoms with van der Waals surface area (Å²) in [6, 6.07) is 42.2. The molecule has 17 heteroatoms. The van der Waals surface area contributed by atoms with E-state index in [1.54, 1.807) is 49.6 Å². The smallest absolute Gasteiger partial charge is 0.338 e. The summed E-state index contributed by atoms with van der Waals surface area (Å²) in [5.41, 5.74) is 11.7. The fraction of sp³-hybridized carbons (Fsp3) is 0.340. The summed E-state index contributed by atoms with van der Waals surface area (Å²) in [4.78, 5) is 44.4. The van der Waals surface area contributed by atoms with Gasteiger partial charge in [0.2, 0.25) is 0 Å². The monoisotopic (exact) mass is 933 g/mol. The Kier molecular flexibility index (Phi) is 17.8. The van der Waals surface area contributed by atoms with E-state index in [4.69, 9.17) is 47.4 Å². The zero-order chi connectivity index (χ0) is 47.0. The van der Waals surface area contributed by atoms with E-state index in [-0.39, 0.29) is 32.0 Å². The number of hydrogen-bond donors (Lipinski definition) is 0. The standard InChI is InChI=1S/C50H51N3O13S/c1-32(54)59-31-39-41(60-30-35-24-26-37(57-2)27-25-35)42(61-28-33-16-8-4-9-17-33)40(52-53-51)49(63-39)65-44-43(62-29-34-18-10-5-11-19-34)46(64-47(55)36-20-12-6-13-21-36)50(66-45(44)48(56)58-3)67-38-22-14-7-15-23-38/h4-27,39-46,49-50H,28-31H2,1-3H3/t39-,40-,41-,42-,43+,44+,45-,46-,49-,50-/m1/s1. The molecule has 7 rings (SSSR count). The number of carbonyl (C=O) groups is 3. The largest absolute Gasteiger partial charge is 0.497 e. The van der Waals surface area contributed by atoms with Gasteiger partial charge in [-0.05, 0) is 58.6 Å². The van der Waals surface area contributed by atoms with E-state index < -0.39 is 78.4 Å². The van der Waals surface area contributed by atoms with Gasteiger partial charge in [0.1, 0.15) is 54.4 Å². The first kappa shape index (κ1) is 48.7. The van der Waals surface area contributed by atoms with Gasteiger partial charge in [-0.3, -0.25) is 4.79 Å². The molecule has 0 aromatic heterocycles. The maximum Gasteiger partial charge on any atom is 0.338 e. The van der Waals surface area contributed by atoms with Crippen LogP contribution in [0, 0.1) is 0 Å². The van der Waals surface area contributed by atoms with E-state index >= 15 is 0 Å². The second-order valence-electron chi connectivity index (χ2n) is 15.4. The fourth-order valence-corrected chi connectivity index (χ4v) is 8.69. The Hall–Kier alpha value is -6.27. The van der Waals surface area contributed by atoms with Crippen molar-refractivity contribution in [1.82, 2.24) is 0 Å². The normalized spacial score (nSPS) is 24.6. The highest BCUT2D eigenvalue weighted by molar-refractivity contribution is 7.99. The van der Waals surface area contributed by atoms with Crippen molar-refractivity contribution in [3.05, 3.63) is 178 Å². The highest BCUT2D eigenvalue weighted by Gasteiger charge is 2.56. The van der Waals surface area contributed by atoms with Gasteiger partial charge in [0.05, 0.1) is 39.6 Å². The molecule has 0 spiro atoms. The fourth-order valence-electron chi connectivity index (χ4n) is 7.59.